The zero-order chi connectivity index (χ0) is 20.2. The molecule has 0 N–H and O–H groups in total. The third kappa shape index (κ3) is 4.58. The van der Waals surface area contributed by atoms with Gasteiger partial charge in [-0.1, -0.05) is 30.3 Å². The van der Waals surface area contributed by atoms with Gasteiger partial charge in [-0.15, -0.1) is 0 Å². The highest BCUT2D eigenvalue weighted by Crippen LogP contribution is 2.23. The summed E-state index contributed by atoms with van der Waals surface area (Å²) in [7, 11) is 0. The molecule has 1 saturated heterocycles. The van der Waals surface area contributed by atoms with Gasteiger partial charge in [0, 0.05) is 26.2 Å². The van der Waals surface area contributed by atoms with E-state index in [9.17, 15) is 14.0 Å². The summed E-state index contributed by atoms with van der Waals surface area (Å²) in [4.78, 5) is 28.1. The lowest BCUT2D eigenvalue weighted by molar-refractivity contribution is -0.151. The number of amides is 1. The van der Waals surface area contributed by atoms with Crippen molar-refractivity contribution in [2.24, 2.45) is 0 Å². The third-order valence-electron chi connectivity index (χ3n) is 5.69. The molecule has 0 atom stereocenters. The van der Waals surface area contributed by atoms with E-state index in [4.69, 9.17) is 4.74 Å². The average Bonchev–Trinajstić information content (AvgIpc) is 3.20. The first-order valence-corrected chi connectivity index (χ1v) is 10.1. The summed E-state index contributed by atoms with van der Waals surface area (Å²) in [6, 6.07) is 12.8. The minimum Gasteiger partial charge on any atom is -0.455 e. The van der Waals surface area contributed by atoms with Crippen molar-refractivity contribution < 1.29 is 18.7 Å². The third-order valence-corrected chi connectivity index (χ3v) is 5.69. The lowest BCUT2D eigenvalue weighted by Gasteiger charge is -2.36. The van der Waals surface area contributed by atoms with Crippen molar-refractivity contribution >= 4 is 17.6 Å². The monoisotopic (exact) mass is 396 g/mol. The van der Waals surface area contributed by atoms with Gasteiger partial charge in [0.1, 0.15) is 5.82 Å². The highest BCUT2D eigenvalue weighted by atomic mass is 19.1. The summed E-state index contributed by atoms with van der Waals surface area (Å²) >= 11 is 0. The number of esters is 1. The quantitative estimate of drug-likeness (QED) is 0.730. The van der Waals surface area contributed by atoms with E-state index in [-0.39, 0.29) is 30.7 Å². The van der Waals surface area contributed by atoms with Crippen molar-refractivity contribution in [3.8, 4) is 0 Å². The van der Waals surface area contributed by atoms with Crippen molar-refractivity contribution in [3.63, 3.8) is 0 Å². The number of carbonyl (C=O) groups excluding carboxylic acids is 2. The van der Waals surface area contributed by atoms with Gasteiger partial charge in [-0.3, -0.25) is 9.59 Å². The molecule has 1 aliphatic heterocycles. The van der Waals surface area contributed by atoms with Gasteiger partial charge in [-0.2, -0.15) is 0 Å². The zero-order valence-electron chi connectivity index (χ0n) is 16.4. The summed E-state index contributed by atoms with van der Waals surface area (Å²) in [5.41, 5.74) is 4.17. The van der Waals surface area contributed by atoms with Crippen LogP contribution < -0.4 is 4.90 Å². The number of rotatable bonds is 5. The predicted molar refractivity (Wildman–Crippen MR) is 108 cm³/mol. The van der Waals surface area contributed by atoms with Crippen LogP contribution in [0.3, 0.4) is 0 Å². The maximum atomic E-state index is 13.9. The minimum atomic E-state index is -0.388. The number of nitrogens with zero attached hydrogens (tertiary/aromatic N) is 2. The van der Waals surface area contributed by atoms with Crippen molar-refractivity contribution in [1.82, 2.24) is 4.90 Å². The van der Waals surface area contributed by atoms with Crippen LogP contribution >= 0.6 is 0 Å². The molecule has 1 aliphatic carbocycles. The van der Waals surface area contributed by atoms with Gasteiger partial charge >= 0.3 is 5.97 Å². The Kier molecular flexibility index (Phi) is 5.79. The fraction of sp³-hybridized carbons (Fsp3) is 0.391. The molecule has 6 heteroatoms. The van der Waals surface area contributed by atoms with Crippen molar-refractivity contribution in [2.45, 2.75) is 25.7 Å². The van der Waals surface area contributed by atoms with Crippen molar-refractivity contribution in [1.29, 1.82) is 0 Å². The molecule has 1 heterocycles. The molecule has 1 fully saturated rings. The Labute approximate surface area is 170 Å². The highest BCUT2D eigenvalue weighted by Gasteiger charge is 2.23. The molecule has 0 unspecified atom stereocenters. The Balaban J connectivity index is 1.23. The number of hydrogen-bond acceptors (Lipinski definition) is 4. The van der Waals surface area contributed by atoms with Crippen LogP contribution in [0.4, 0.5) is 10.1 Å². The maximum absolute atomic E-state index is 13.9. The number of ether oxygens (including phenoxy) is 1. The second kappa shape index (κ2) is 8.64. The summed E-state index contributed by atoms with van der Waals surface area (Å²) in [6.45, 7) is 1.82. The number of carbonyl (C=O) groups is 2. The Morgan fingerprint density at radius 1 is 0.966 bits per heavy atom. The zero-order valence-corrected chi connectivity index (χ0v) is 16.4. The molecule has 4 rings (SSSR count). The van der Waals surface area contributed by atoms with Crippen LogP contribution in [0.1, 0.15) is 23.1 Å². The van der Waals surface area contributed by atoms with Gasteiger partial charge in [0.15, 0.2) is 6.61 Å². The number of hydrogen-bond donors (Lipinski definition) is 0. The molecule has 0 radical (unpaired) electrons. The number of piperazine rings is 1. The molecule has 0 spiro atoms. The van der Waals surface area contributed by atoms with E-state index >= 15 is 0 Å². The van der Waals surface area contributed by atoms with Crippen LogP contribution in [0.15, 0.2) is 42.5 Å². The van der Waals surface area contributed by atoms with E-state index in [1.54, 1.807) is 23.1 Å². The number of anilines is 1. The summed E-state index contributed by atoms with van der Waals surface area (Å²) in [6.07, 6.45) is 3.53. The van der Waals surface area contributed by atoms with Crippen molar-refractivity contribution in [2.75, 3.05) is 37.7 Å². The first kappa shape index (κ1) is 19.4. The standard InChI is InChI=1S/C23H25FN2O3/c24-20-6-1-2-7-21(20)25-10-12-26(13-11-25)22(27)16-29-23(28)15-17-8-9-18-4-3-5-19(18)14-17/h1-2,6-9,14H,3-5,10-13,15-16H2. The van der Waals surface area contributed by atoms with Gasteiger partial charge in [0.2, 0.25) is 0 Å². The van der Waals surface area contributed by atoms with Gasteiger partial charge in [0.05, 0.1) is 12.1 Å². The largest absolute Gasteiger partial charge is 0.455 e. The molecule has 5 nitrogen and oxygen atoms in total. The maximum Gasteiger partial charge on any atom is 0.310 e. The molecule has 0 aromatic heterocycles. The van der Waals surface area contributed by atoms with Crippen LogP contribution in [0.5, 0.6) is 0 Å². The second-order valence-electron chi connectivity index (χ2n) is 7.61. The minimum absolute atomic E-state index is 0.182. The summed E-state index contributed by atoms with van der Waals surface area (Å²) in [5, 5.41) is 0. The Morgan fingerprint density at radius 2 is 1.72 bits per heavy atom. The first-order chi connectivity index (χ1) is 14.1. The lowest BCUT2D eigenvalue weighted by Crippen LogP contribution is -2.50. The van der Waals surface area contributed by atoms with Crippen LogP contribution in [0.25, 0.3) is 0 Å². The fourth-order valence-corrected chi connectivity index (χ4v) is 4.09. The Morgan fingerprint density at radius 3 is 2.52 bits per heavy atom. The molecule has 152 valence electrons. The van der Waals surface area contributed by atoms with Crippen LogP contribution in [0, 0.1) is 5.82 Å². The van der Waals surface area contributed by atoms with E-state index in [1.165, 1.54) is 23.6 Å². The molecular formula is C23H25FN2O3. The lowest BCUT2D eigenvalue weighted by atomic mass is 10.0. The topological polar surface area (TPSA) is 49.9 Å². The molecule has 29 heavy (non-hydrogen) atoms. The summed E-state index contributed by atoms with van der Waals surface area (Å²) in [5.74, 6) is -0.852. The number of halogens is 1. The Bertz CT molecular complexity index is 907. The normalized spacial score (nSPS) is 15.9. The Hall–Kier alpha value is -2.89. The van der Waals surface area contributed by atoms with E-state index in [1.807, 2.05) is 11.0 Å². The van der Waals surface area contributed by atoms with Crippen LogP contribution in [0.2, 0.25) is 0 Å². The van der Waals surface area contributed by atoms with E-state index in [0.29, 0.717) is 31.9 Å². The molecular weight excluding hydrogens is 371 g/mol. The molecule has 2 aromatic rings. The van der Waals surface area contributed by atoms with Gasteiger partial charge in [-0.05, 0) is 48.1 Å². The average molecular weight is 396 g/mol. The number of benzene rings is 2. The SMILES string of the molecule is O=C(Cc1ccc2c(c1)CCC2)OCC(=O)N1CCN(c2ccccc2F)CC1. The fourth-order valence-electron chi connectivity index (χ4n) is 4.09. The molecule has 2 aromatic carbocycles. The predicted octanol–water partition coefficient (Wildman–Crippen LogP) is 2.75. The van der Waals surface area contributed by atoms with Gasteiger partial charge in [0.25, 0.3) is 5.91 Å². The first-order valence-electron chi connectivity index (χ1n) is 10.1. The van der Waals surface area contributed by atoms with Crippen molar-refractivity contribution in [3.05, 3.63) is 65.0 Å². The van der Waals surface area contributed by atoms with Crippen LogP contribution in [-0.4, -0.2) is 49.6 Å². The second-order valence-corrected chi connectivity index (χ2v) is 7.61. The molecule has 0 saturated carbocycles. The number of fused-ring (bicyclic) bond motifs is 1. The number of para-hydroxylation sites is 1. The van der Waals surface area contributed by atoms with E-state index < -0.39 is 0 Å². The number of aryl methyl sites for hydroxylation is 2. The summed E-state index contributed by atoms with van der Waals surface area (Å²) < 4.78 is 19.1. The van der Waals surface area contributed by atoms with E-state index in [0.717, 1.165) is 18.4 Å². The van der Waals surface area contributed by atoms with Gasteiger partial charge in [-0.25, -0.2) is 4.39 Å². The van der Waals surface area contributed by atoms with E-state index in [2.05, 4.69) is 12.1 Å². The molecule has 2 aliphatic rings. The van der Waals surface area contributed by atoms with Gasteiger partial charge < -0.3 is 14.5 Å². The molecule has 0 bridgehead atoms. The smallest absolute Gasteiger partial charge is 0.310 e. The highest BCUT2D eigenvalue weighted by molar-refractivity contribution is 5.81. The molecule has 1 amide bonds. The van der Waals surface area contributed by atoms with Crippen LogP contribution in [-0.2, 0) is 33.6 Å².